The minimum absolute atomic E-state index is 0.0642. The third-order valence-corrected chi connectivity index (χ3v) is 8.54. The molecule has 2 fully saturated rings. The number of fused-ring (bicyclic) bond motifs is 1. The van der Waals surface area contributed by atoms with E-state index < -0.39 is 17.2 Å². The van der Waals surface area contributed by atoms with Gasteiger partial charge < -0.3 is 24.0 Å². The number of piperazine rings is 1. The van der Waals surface area contributed by atoms with E-state index in [1.54, 1.807) is 37.0 Å². The Morgan fingerprint density at radius 2 is 1.81 bits per heavy atom. The SMILES string of the molecule is COc1ccc(-c2nnc(NC(=O)CN3CCN(c4cc5c(cc4F)c(=O)c(C(=O)O)cn5C4CC4)CC3)s2)cc1OC. The molecule has 1 aliphatic heterocycles. The number of pyridine rings is 1. The molecular formula is C29H29FN6O6S. The summed E-state index contributed by atoms with van der Waals surface area (Å²) < 4.78 is 27.7. The summed E-state index contributed by atoms with van der Waals surface area (Å²) in [4.78, 5) is 41.0. The second-order valence-corrected chi connectivity index (χ2v) is 11.4. The highest BCUT2D eigenvalue weighted by atomic mass is 32.1. The summed E-state index contributed by atoms with van der Waals surface area (Å²) in [7, 11) is 3.11. The minimum Gasteiger partial charge on any atom is -0.493 e. The molecule has 0 unspecified atom stereocenters. The highest BCUT2D eigenvalue weighted by Crippen LogP contribution is 2.38. The highest BCUT2D eigenvalue weighted by molar-refractivity contribution is 7.18. The largest absolute Gasteiger partial charge is 0.493 e. The summed E-state index contributed by atoms with van der Waals surface area (Å²) in [5.41, 5.74) is 0.616. The van der Waals surface area contributed by atoms with Crippen molar-refractivity contribution in [2.75, 3.05) is 57.2 Å². The number of rotatable bonds is 9. The summed E-state index contributed by atoms with van der Waals surface area (Å²) in [6, 6.07) is 8.29. The summed E-state index contributed by atoms with van der Waals surface area (Å²) in [5.74, 6) is -0.977. The molecule has 1 saturated carbocycles. The zero-order valence-corrected chi connectivity index (χ0v) is 24.3. The van der Waals surface area contributed by atoms with Gasteiger partial charge in [-0.3, -0.25) is 19.8 Å². The van der Waals surface area contributed by atoms with Crippen LogP contribution in [0.4, 0.5) is 15.2 Å². The summed E-state index contributed by atoms with van der Waals surface area (Å²) >= 11 is 1.24. The first kappa shape index (κ1) is 28.6. The number of carbonyl (C=O) groups excluding carboxylic acids is 1. The fraction of sp³-hybridized carbons (Fsp3) is 0.345. The summed E-state index contributed by atoms with van der Waals surface area (Å²) in [6.07, 6.45) is 3.12. The number of aromatic nitrogens is 3. The number of nitrogens with one attached hydrogen (secondary N) is 1. The summed E-state index contributed by atoms with van der Waals surface area (Å²) in [5, 5.41) is 21.6. The first-order valence-corrected chi connectivity index (χ1v) is 14.5. The Morgan fingerprint density at radius 1 is 1.07 bits per heavy atom. The maximum absolute atomic E-state index is 15.3. The first-order chi connectivity index (χ1) is 20.7. The van der Waals surface area contributed by atoms with Crippen molar-refractivity contribution in [1.82, 2.24) is 19.7 Å². The van der Waals surface area contributed by atoms with E-state index in [9.17, 15) is 19.5 Å². The molecule has 4 aromatic rings. The number of nitrogens with zero attached hydrogens (tertiary/aromatic N) is 5. The number of aromatic carboxylic acids is 1. The molecule has 2 aromatic carbocycles. The van der Waals surface area contributed by atoms with Gasteiger partial charge in [0, 0.05) is 49.4 Å². The third kappa shape index (κ3) is 5.75. The van der Waals surface area contributed by atoms with Gasteiger partial charge in [0.2, 0.25) is 16.5 Å². The lowest BCUT2D eigenvalue weighted by Gasteiger charge is -2.36. The molecule has 12 nitrogen and oxygen atoms in total. The van der Waals surface area contributed by atoms with Crippen molar-refractivity contribution in [2.24, 2.45) is 0 Å². The number of benzene rings is 2. The molecule has 0 bridgehead atoms. The first-order valence-electron chi connectivity index (χ1n) is 13.7. The molecule has 2 aromatic heterocycles. The Kier molecular flexibility index (Phi) is 7.71. The number of hydrogen-bond acceptors (Lipinski definition) is 10. The standard InChI is InChI=1S/C29H29FN6O6S/c1-41-23-6-3-16(11-24(23)42-2)27-32-33-29(43-27)31-25(37)15-34-7-9-35(10-8-34)22-13-21-18(12-20(22)30)26(38)19(28(39)40)14-36(21)17-4-5-17/h3,6,11-14,17H,4-5,7-10,15H2,1-2H3,(H,39,40)(H,31,33,37). The van der Waals surface area contributed by atoms with Crippen LogP contribution in [0.1, 0.15) is 29.2 Å². The quantitative estimate of drug-likeness (QED) is 0.290. The van der Waals surface area contributed by atoms with Crippen molar-refractivity contribution in [1.29, 1.82) is 0 Å². The lowest BCUT2D eigenvalue weighted by atomic mass is 10.1. The van der Waals surface area contributed by atoms with E-state index in [0.29, 0.717) is 59.0 Å². The molecule has 224 valence electrons. The highest BCUT2D eigenvalue weighted by Gasteiger charge is 2.29. The second kappa shape index (κ2) is 11.6. The Labute approximate surface area is 249 Å². The Balaban J connectivity index is 1.10. The number of carboxylic acids is 1. The normalized spacial score (nSPS) is 15.5. The molecule has 0 radical (unpaired) electrons. The van der Waals surface area contributed by atoms with Crippen LogP contribution >= 0.6 is 11.3 Å². The third-order valence-electron chi connectivity index (χ3n) is 7.65. The molecule has 43 heavy (non-hydrogen) atoms. The van der Waals surface area contributed by atoms with Gasteiger partial charge in [0.25, 0.3) is 0 Å². The average molecular weight is 609 g/mol. The van der Waals surface area contributed by atoms with Gasteiger partial charge in [-0.15, -0.1) is 10.2 Å². The monoisotopic (exact) mass is 608 g/mol. The predicted octanol–water partition coefficient (Wildman–Crippen LogP) is 3.47. The molecule has 6 rings (SSSR count). The van der Waals surface area contributed by atoms with Crippen LogP contribution in [0.2, 0.25) is 0 Å². The number of carboxylic acid groups (broad SMARTS) is 1. The molecule has 3 heterocycles. The van der Waals surface area contributed by atoms with Gasteiger partial charge in [-0.2, -0.15) is 0 Å². The topological polar surface area (TPSA) is 139 Å². The number of halogens is 1. The van der Waals surface area contributed by atoms with Gasteiger partial charge in [0.15, 0.2) is 11.5 Å². The van der Waals surface area contributed by atoms with Gasteiger partial charge in [-0.1, -0.05) is 11.3 Å². The number of amides is 1. The number of carbonyl (C=O) groups is 2. The van der Waals surface area contributed by atoms with E-state index in [-0.39, 0.29) is 29.4 Å². The van der Waals surface area contributed by atoms with Crippen molar-refractivity contribution in [3.05, 3.63) is 58.1 Å². The van der Waals surface area contributed by atoms with Crippen LogP contribution < -0.4 is 25.1 Å². The van der Waals surface area contributed by atoms with Gasteiger partial charge in [-0.05, 0) is 43.2 Å². The number of methoxy groups -OCH3 is 2. The average Bonchev–Trinajstić information content (AvgIpc) is 3.74. The smallest absolute Gasteiger partial charge is 0.341 e. The molecule has 1 saturated heterocycles. The van der Waals surface area contributed by atoms with Crippen LogP contribution in [-0.4, -0.2) is 83.6 Å². The van der Waals surface area contributed by atoms with E-state index >= 15 is 4.39 Å². The molecule has 2 aliphatic rings. The van der Waals surface area contributed by atoms with Crippen LogP contribution in [-0.2, 0) is 4.79 Å². The zero-order valence-electron chi connectivity index (χ0n) is 23.5. The number of anilines is 2. The molecule has 1 aliphatic carbocycles. The zero-order chi connectivity index (χ0) is 30.2. The van der Waals surface area contributed by atoms with Crippen LogP contribution in [0.3, 0.4) is 0 Å². The van der Waals surface area contributed by atoms with Gasteiger partial charge in [-0.25, -0.2) is 9.18 Å². The van der Waals surface area contributed by atoms with E-state index in [2.05, 4.69) is 15.5 Å². The van der Waals surface area contributed by atoms with Crippen LogP contribution in [0.15, 0.2) is 41.3 Å². The Hall–Kier alpha value is -4.56. The molecule has 0 atom stereocenters. The van der Waals surface area contributed by atoms with E-state index in [1.807, 2.05) is 15.9 Å². The van der Waals surface area contributed by atoms with Crippen molar-refractivity contribution < 1.29 is 28.6 Å². The molecule has 1 amide bonds. The molecule has 14 heteroatoms. The lowest BCUT2D eigenvalue weighted by molar-refractivity contribution is -0.117. The maximum Gasteiger partial charge on any atom is 0.341 e. The van der Waals surface area contributed by atoms with E-state index in [4.69, 9.17) is 9.47 Å². The number of hydrogen-bond donors (Lipinski definition) is 2. The van der Waals surface area contributed by atoms with Gasteiger partial charge in [0.05, 0.1) is 32.0 Å². The minimum atomic E-state index is -1.32. The lowest BCUT2D eigenvalue weighted by Crippen LogP contribution is -2.49. The van der Waals surface area contributed by atoms with Crippen molar-refractivity contribution in [3.8, 4) is 22.1 Å². The number of ether oxygens (including phenoxy) is 2. The van der Waals surface area contributed by atoms with Crippen molar-refractivity contribution >= 4 is 44.9 Å². The fourth-order valence-electron chi connectivity index (χ4n) is 5.28. The Morgan fingerprint density at radius 3 is 2.49 bits per heavy atom. The van der Waals surface area contributed by atoms with Gasteiger partial charge >= 0.3 is 5.97 Å². The van der Waals surface area contributed by atoms with E-state index in [0.717, 1.165) is 24.5 Å². The van der Waals surface area contributed by atoms with Crippen LogP contribution in [0, 0.1) is 5.82 Å². The summed E-state index contributed by atoms with van der Waals surface area (Å²) in [6.45, 7) is 2.12. The van der Waals surface area contributed by atoms with Gasteiger partial charge in [0.1, 0.15) is 16.4 Å². The second-order valence-electron chi connectivity index (χ2n) is 10.4. The van der Waals surface area contributed by atoms with Crippen LogP contribution in [0.25, 0.3) is 21.5 Å². The Bertz CT molecular complexity index is 1780. The van der Waals surface area contributed by atoms with Crippen molar-refractivity contribution in [2.45, 2.75) is 18.9 Å². The maximum atomic E-state index is 15.3. The van der Waals surface area contributed by atoms with Crippen molar-refractivity contribution in [3.63, 3.8) is 0 Å². The van der Waals surface area contributed by atoms with Crippen LogP contribution in [0.5, 0.6) is 11.5 Å². The fourth-order valence-corrected chi connectivity index (χ4v) is 6.03. The molecule has 2 N–H and O–H groups in total. The van der Waals surface area contributed by atoms with E-state index in [1.165, 1.54) is 17.5 Å². The predicted molar refractivity (Wildman–Crippen MR) is 159 cm³/mol. The molecule has 0 spiro atoms. The molecular weight excluding hydrogens is 579 g/mol.